The van der Waals surface area contributed by atoms with Gasteiger partial charge in [-0.1, -0.05) is 24.1 Å². The van der Waals surface area contributed by atoms with Gasteiger partial charge in [0.15, 0.2) is 6.10 Å². The van der Waals surface area contributed by atoms with Crippen LogP contribution in [0.5, 0.6) is 5.75 Å². The van der Waals surface area contributed by atoms with Crippen LogP contribution in [0.4, 0.5) is 5.69 Å². The summed E-state index contributed by atoms with van der Waals surface area (Å²) in [6.07, 6.45) is -0.613. The quantitative estimate of drug-likeness (QED) is 0.799. The standard InChI is InChI=1S/C20H19NO5S/c1-3-6-14(2)26-16-11-9-15(10-12-16)21-18(13-20(22)23)17-7-4-5-8-19(17)27(21,24)25/h4-5,7-12,14,18H,13H2,1-2H3,(H,22,23). The highest BCUT2D eigenvalue weighted by Gasteiger charge is 2.43. The number of carboxylic acid groups (broad SMARTS) is 1. The van der Waals surface area contributed by atoms with Crippen molar-refractivity contribution < 1.29 is 23.1 Å². The lowest BCUT2D eigenvalue weighted by atomic mass is 10.0. The van der Waals surface area contributed by atoms with Gasteiger partial charge in [0.1, 0.15) is 5.75 Å². The van der Waals surface area contributed by atoms with Crippen LogP contribution in [0, 0.1) is 11.8 Å². The average molecular weight is 385 g/mol. The maximum Gasteiger partial charge on any atom is 0.305 e. The Bertz CT molecular complexity index is 1020. The molecule has 0 saturated heterocycles. The predicted molar refractivity (Wildman–Crippen MR) is 101 cm³/mol. The second kappa shape index (κ2) is 7.33. The second-order valence-electron chi connectivity index (χ2n) is 6.10. The number of hydrogen-bond donors (Lipinski definition) is 1. The second-order valence-corrected chi connectivity index (χ2v) is 7.88. The molecule has 7 heteroatoms. The summed E-state index contributed by atoms with van der Waals surface area (Å²) in [7, 11) is -3.83. The first-order valence-electron chi connectivity index (χ1n) is 8.38. The van der Waals surface area contributed by atoms with Crippen molar-refractivity contribution in [3.8, 4) is 17.6 Å². The molecule has 1 aliphatic rings. The Morgan fingerprint density at radius 3 is 2.52 bits per heavy atom. The molecule has 0 radical (unpaired) electrons. The minimum Gasteiger partial charge on any atom is -0.481 e. The topological polar surface area (TPSA) is 83.9 Å². The highest BCUT2D eigenvalue weighted by atomic mass is 32.2. The summed E-state index contributed by atoms with van der Waals surface area (Å²) in [5.41, 5.74) is 0.881. The normalized spacial score (nSPS) is 18.1. The third-order valence-electron chi connectivity index (χ3n) is 4.22. The van der Waals surface area contributed by atoms with Gasteiger partial charge in [0.05, 0.1) is 23.0 Å². The number of benzene rings is 2. The summed E-state index contributed by atoms with van der Waals surface area (Å²) in [5, 5.41) is 9.27. The highest BCUT2D eigenvalue weighted by Crippen LogP contribution is 2.44. The van der Waals surface area contributed by atoms with Crippen molar-refractivity contribution in [3.05, 3.63) is 54.1 Å². The summed E-state index contributed by atoms with van der Waals surface area (Å²) in [4.78, 5) is 11.5. The van der Waals surface area contributed by atoms with Gasteiger partial charge in [-0.3, -0.25) is 9.10 Å². The fourth-order valence-corrected chi connectivity index (χ4v) is 5.06. The van der Waals surface area contributed by atoms with E-state index in [2.05, 4.69) is 11.8 Å². The van der Waals surface area contributed by atoms with Gasteiger partial charge in [0.25, 0.3) is 10.0 Å². The summed E-state index contributed by atoms with van der Waals surface area (Å²) in [5.74, 6) is 5.13. The molecule has 0 amide bonds. The number of rotatable bonds is 5. The first-order valence-corrected chi connectivity index (χ1v) is 9.82. The molecule has 1 heterocycles. The number of aliphatic carboxylic acids is 1. The van der Waals surface area contributed by atoms with Crippen molar-refractivity contribution in [3.63, 3.8) is 0 Å². The SMILES string of the molecule is CC#CC(C)Oc1ccc(N2C(CC(=O)O)c3ccccc3S2(=O)=O)cc1. The van der Waals surface area contributed by atoms with Crippen LogP contribution in [0.15, 0.2) is 53.4 Å². The fraction of sp³-hybridized carbons (Fsp3) is 0.250. The first-order chi connectivity index (χ1) is 12.8. The minimum atomic E-state index is -3.83. The lowest BCUT2D eigenvalue weighted by molar-refractivity contribution is -0.137. The van der Waals surface area contributed by atoms with Gasteiger partial charge in [-0.15, -0.1) is 5.92 Å². The molecule has 140 valence electrons. The van der Waals surface area contributed by atoms with Crippen LogP contribution >= 0.6 is 0 Å². The van der Waals surface area contributed by atoms with E-state index in [1.54, 1.807) is 49.4 Å². The van der Waals surface area contributed by atoms with E-state index in [1.807, 2.05) is 6.92 Å². The monoisotopic (exact) mass is 385 g/mol. The first kappa shape index (κ1) is 18.8. The summed E-state index contributed by atoms with van der Waals surface area (Å²) >= 11 is 0. The Morgan fingerprint density at radius 1 is 1.22 bits per heavy atom. The molecule has 1 aliphatic heterocycles. The number of anilines is 1. The molecule has 0 fully saturated rings. The van der Waals surface area contributed by atoms with Gasteiger partial charge in [0, 0.05) is 0 Å². The van der Waals surface area contributed by atoms with Gasteiger partial charge >= 0.3 is 5.97 Å². The summed E-state index contributed by atoms with van der Waals surface area (Å²) in [6, 6.07) is 12.2. The molecule has 6 nitrogen and oxygen atoms in total. The Labute approximate surface area is 158 Å². The number of hydrogen-bond acceptors (Lipinski definition) is 4. The third-order valence-corrected chi connectivity index (χ3v) is 6.13. The van der Waals surface area contributed by atoms with Crippen LogP contribution in [0.2, 0.25) is 0 Å². The molecule has 2 aromatic carbocycles. The minimum absolute atomic E-state index is 0.142. The van der Waals surface area contributed by atoms with E-state index in [4.69, 9.17) is 4.74 Å². The lowest BCUT2D eigenvalue weighted by Gasteiger charge is -2.25. The number of fused-ring (bicyclic) bond motifs is 1. The van der Waals surface area contributed by atoms with Crippen molar-refractivity contribution in [1.29, 1.82) is 0 Å². The molecule has 2 aromatic rings. The Morgan fingerprint density at radius 2 is 1.89 bits per heavy atom. The Kier molecular flexibility index (Phi) is 5.10. The lowest BCUT2D eigenvalue weighted by Crippen LogP contribution is -2.29. The zero-order valence-electron chi connectivity index (χ0n) is 14.9. The molecule has 27 heavy (non-hydrogen) atoms. The predicted octanol–water partition coefficient (Wildman–Crippen LogP) is 3.20. The van der Waals surface area contributed by atoms with Gasteiger partial charge in [-0.25, -0.2) is 8.42 Å². The molecular weight excluding hydrogens is 366 g/mol. The van der Waals surface area contributed by atoms with Gasteiger partial charge in [-0.2, -0.15) is 0 Å². The number of nitrogens with zero attached hydrogens (tertiary/aromatic N) is 1. The average Bonchev–Trinajstić information content (AvgIpc) is 2.83. The van der Waals surface area contributed by atoms with E-state index >= 15 is 0 Å². The van der Waals surface area contributed by atoms with E-state index in [9.17, 15) is 18.3 Å². The van der Waals surface area contributed by atoms with Crippen molar-refractivity contribution in [1.82, 2.24) is 0 Å². The molecule has 3 rings (SSSR count). The zero-order chi connectivity index (χ0) is 19.6. The molecule has 2 unspecified atom stereocenters. The van der Waals surface area contributed by atoms with Crippen LogP contribution < -0.4 is 9.04 Å². The fourth-order valence-electron chi connectivity index (χ4n) is 3.18. The van der Waals surface area contributed by atoms with E-state index in [0.717, 1.165) is 0 Å². The van der Waals surface area contributed by atoms with Gasteiger partial charge < -0.3 is 9.84 Å². The molecule has 0 spiro atoms. The number of carbonyl (C=O) groups is 1. The molecule has 0 saturated carbocycles. The van der Waals surface area contributed by atoms with Crippen LogP contribution in [0.1, 0.15) is 31.9 Å². The van der Waals surface area contributed by atoms with Crippen LogP contribution in [0.25, 0.3) is 0 Å². The van der Waals surface area contributed by atoms with E-state index in [-0.39, 0.29) is 17.4 Å². The largest absolute Gasteiger partial charge is 0.481 e. The van der Waals surface area contributed by atoms with Crippen LogP contribution in [-0.4, -0.2) is 25.6 Å². The maximum atomic E-state index is 13.0. The molecule has 2 atom stereocenters. The molecule has 0 bridgehead atoms. The van der Waals surface area contributed by atoms with E-state index in [1.165, 1.54) is 10.4 Å². The van der Waals surface area contributed by atoms with E-state index < -0.39 is 22.0 Å². The number of sulfonamides is 1. The van der Waals surface area contributed by atoms with Crippen LogP contribution in [-0.2, 0) is 14.8 Å². The van der Waals surface area contributed by atoms with Gasteiger partial charge in [-0.05, 0) is 49.7 Å². The smallest absolute Gasteiger partial charge is 0.305 e. The van der Waals surface area contributed by atoms with Crippen LogP contribution in [0.3, 0.4) is 0 Å². The van der Waals surface area contributed by atoms with Crippen molar-refractivity contribution in [2.45, 2.75) is 37.3 Å². The third kappa shape index (κ3) is 3.62. The zero-order valence-corrected chi connectivity index (χ0v) is 15.7. The van der Waals surface area contributed by atoms with E-state index in [0.29, 0.717) is 17.0 Å². The molecular formula is C20H19NO5S. The van der Waals surface area contributed by atoms with Crippen molar-refractivity contribution >= 4 is 21.7 Å². The highest BCUT2D eigenvalue weighted by molar-refractivity contribution is 7.93. The summed E-state index contributed by atoms with van der Waals surface area (Å²) < 4.78 is 32.8. The Balaban J connectivity index is 1.98. The number of carboxylic acids is 1. The Hall–Kier alpha value is -2.98. The molecule has 0 aliphatic carbocycles. The van der Waals surface area contributed by atoms with Crippen molar-refractivity contribution in [2.75, 3.05) is 4.31 Å². The maximum absolute atomic E-state index is 13.0. The van der Waals surface area contributed by atoms with Crippen molar-refractivity contribution in [2.24, 2.45) is 0 Å². The van der Waals surface area contributed by atoms with Gasteiger partial charge in [0.2, 0.25) is 0 Å². The molecule has 0 aromatic heterocycles. The summed E-state index contributed by atoms with van der Waals surface area (Å²) in [6.45, 7) is 3.54. The molecule has 1 N–H and O–H groups in total. The number of ether oxygens (including phenoxy) is 1.